The summed E-state index contributed by atoms with van der Waals surface area (Å²) >= 11 is 11.7. The molecule has 1 aliphatic rings. The fourth-order valence-corrected chi connectivity index (χ4v) is 3.13. The Kier molecular flexibility index (Phi) is 9.71. The standard InChI is InChI=1S/C18H18Cl2N6O4.C2H4O2/c19-11-3-9(15(28)12(20)5-11)6-23-14(27)8-25-16(29)10-4-13(17(30)24-7-10)26-18-21-1-2-22-18;1-2(3)4/h3-5,7,28H,1-2,6,8H2,(H,23,27)(H,24,30)(H,25,29)(H2,21,22,26);1H3,(H,3,4). The Morgan fingerprint density at radius 1 is 1.18 bits per heavy atom. The monoisotopic (exact) mass is 512 g/mol. The third kappa shape index (κ3) is 8.30. The van der Waals surface area contributed by atoms with Crippen molar-refractivity contribution in [2.45, 2.75) is 13.5 Å². The lowest BCUT2D eigenvalue weighted by Crippen LogP contribution is -2.37. The number of phenolic OH excluding ortho intramolecular Hbond substituents is 1. The van der Waals surface area contributed by atoms with Gasteiger partial charge in [-0.25, -0.2) is 0 Å². The molecular weight excluding hydrogens is 491 g/mol. The minimum absolute atomic E-state index is 0.0251. The number of carboxylic acids is 1. The number of carbonyl (C=O) groups excluding carboxylic acids is 2. The van der Waals surface area contributed by atoms with Crippen molar-refractivity contribution >= 4 is 52.6 Å². The summed E-state index contributed by atoms with van der Waals surface area (Å²) in [5.74, 6) is -1.62. The molecule has 0 saturated carbocycles. The van der Waals surface area contributed by atoms with E-state index in [9.17, 15) is 19.5 Å². The average Bonchev–Trinajstić information content (AvgIpc) is 3.27. The lowest BCUT2D eigenvalue weighted by atomic mass is 10.2. The number of benzene rings is 1. The molecule has 2 aromatic rings. The highest BCUT2D eigenvalue weighted by molar-refractivity contribution is 6.35. The Morgan fingerprint density at radius 3 is 2.53 bits per heavy atom. The summed E-state index contributed by atoms with van der Waals surface area (Å²) in [7, 11) is 0. The summed E-state index contributed by atoms with van der Waals surface area (Å²) in [6.45, 7) is 2.00. The molecule has 1 aromatic carbocycles. The van der Waals surface area contributed by atoms with Crippen LogP contribution in [-0.2, 0) is 16.1 Å². The number of nitrogens with zero attached hydrogens (tertiary/aromatic N) is 1. The highest BCUT2D eigenvalue weighted by Crippen LogP contribution is 2.30. The second-order valence-corrected chi connectivity index (χ2v) is 7.63. The van der Waals surface area contributed by atoms with Crippen molar-refractivity contribution in [1.82, 2.24) is 20.9 Å². The second-order valence-electron chi connectivity index (χ2n) is 6.79. The quantitative estimate of drug-likeness (QED) is 0.297. The number of anilines is 1. The molecular formula is C20H22Cl2N6O6. The molecule has 1 aliphatic heterocycles. The summed E-state index contributed by atoms with van der Waals surface area (Å²) in [5.41, 5.74) is 0.226. The maximum atomic E-state index is 12.3. The Hall–Kier alpha value is -3.77. The maximum absolute atomic E-state index is 12.3. The topological polar surface area (TPSA) is 185 Å². The first kappa shape index (κ1) is 26.5. The fraction of sp³-hybridized carbons (Fsp3) is 0.250. The van der Waals surface area contributed by atoms with Crippen LogP contribution in [0.15, 0.2) is 34.2 Å². The summed E-state index contributed by atoms with van der Waals surface area (Å²) in [4.78, 5) is 51.8. The van der Waals surface area contributed by atoms with Crippen LogP contribution in [-0.4, -0.2) is 58.6 Å². The van der Waals surface area contributed by atoms with Crippen LogP contribution >= 0.6 is 23.2 Å². The van der Waals surface area contributed by atoms with Crippen molar-refractivity contribution in [2.24, 2.45) is 4.99 Å². The summed E-state index contributed by atoms with van der Waals surface area (Å²) in [6, 6.07) is 4.22. The molecule has 14 heteroatoms. The SMILES string of the molecule is CC(=O)O.O=C(CNC(=O)c1c[nH]c(=O)c(NC2=NCCN2)c1)NCc1cc(Cl)cc(Cl)c1O. The van der Waals surface area contributed by atoms with Crippen LogP contribution in [0, 0.1) is 0 Å². The number of H-pyrrole nitrogens is 1. The Morgan fingerprint density at radius 2 is 1.88 bits per heavy atom. The molecule has 0 fully saturated rings. The highest BCUT2D eigenvalue weighted by atomic mass is 35.5. The number of aromatic amines is 1. The first-order valence-electron chi connectivity index (χ1n) is 9.76. The third-order valence-corrected chi connectivity index (χ3v) is 4.59. The second kappa shape index (κ2) is 12.5. The van der Waals surface area contributed by atoms with Gasteiger partial charge in [0.05, 0.1) is 23.7 Å². The number of nitrogens with one attached hydrogen (secondary N) is 5. The number of aliphatic carboxylic acids is 1. The lowest BCUT2D eigenvalue weighted by molar-refractivity contribution is -0.134. The van der Waals surface area contributed by atoms with Gasteiger partial charge in [0, 0.05) is 36.8 Å². The largest absolute Gasteiger partial charge is 0.506 e. The van der Waals surface area contributed by atoms with E-state index in [4.69, 9.17) is 33.1 Å². The molecule has 182 valence electrons. The molecule has 0 bridgehead atoms. The van der Waals surface area contributed by atoms with Crippen LogP contribution in [0.1, 0.15) is 22.8 Å². The fourth-order valence-electron chi connectivity index (χ4n) is 2.59. The van der Waals surface area contributed by atoms with Gasteiger partial charge < -0.3 is 36.5 Å². The zero-order chi connectivity index (χ0) is 25.3. The number of aromatic nitrogens is 1. The smallest absolute Gasteiger partial charge is 0.300 e. The van der Waals surface area contributed by atoms with Crippen molar-refractivity contribution in [1.29, 1.82) is 0 Å². The molecule has 1 aromatic heterocycles. The average molecular weight is 513 g/mol. The van der Waals surface area contributed by atoms with Gasteiger partial charge in [0.25, 0.3) is 17.4 Å². The molecule has 0 radical (unpaired) electrons. The number of hydrogen-bond acceptors (Lipinski definition) is 8. The molecule has 12 nitrogen and oxygen atoms in total. The Balaban J connectivity index is 0.000000945. The molecule has 2 amide bonds. The molecule has 3 rings (SSSR count). The molecule has 2 heterocycles. The van der Waals surface area contributed by atoms with Gasteiger partial charge >= 0.3 is 0 Å². The molecule has 0 saturated heterocycles. The van der Waals surface area contributed by atoms with Crippen LogP contribution in [0.5, 0.6) is 5.75 Å². The number of rotatable bonds is 6. The van der Waals surface area contributed by atoms with Gasteiger partial charge in [0.15, 0.2) is 5.96 Å². The first-order valence-corrected chi connectivity index (χ1v) is 10.5. The molecule has 7 N–H and O–H groups in total. The van der Waals surface area contributed by atoms with E-state index in [1.165, 1.54) is 24.4 Å². The maximum Gasteiger partial charge on any atom is 0.300 e. The molecule has 0 unspecified atom stereocenters. The predicted octanol–water partition coefficient (Wildman–Crippen LogP) is 0.895. The number of hydrogen-bond donors (Lipinski definition) is 7. The number of carboxylic acid groups (broad SMARTS) is 1. The van der Waals surface area contributed by atoms with Crippen LogP contribution in [0.2, 0.25) is 10.0 Å². The van der Waals surface area contributed by atoms with E-state index >= 15 is 0 Å². The summed E-state index contributed by atoms with van der Waals surface area (Å²) in [6.07, 6.45) is 1.25. The minimum atomic E-state index is -0.833. The van der Waals surface area contributed by atoms with E-state index in [2.05, 4.69) is 31.2 Å². The van der Waals surface area contributed by atoms with Crippen LogP contribution in [0.3, 0.4) is 0 Å². The normalized spacial score (nSPS) is 11.9. The van der Waals surface area contributed by atoms with E-state index in [-0.39, 0.29) is 35.1 Å². The van der Waals surface area contributed by atoms with E-state index < -0.39 is 23.3 Å². The van der Waals surface area contributed by atoms with Crippen molar-refractivity contribution in [3.05, 3.63) is 55.9 Å². The minimum Gasteiger partial charge on any atom is -0.506 e. The number of phenols is 1. The van der Waals surface area contributed by atoms with Crippen molar-refractivity contribution in [2.75, 3.05) is 25.0 Å². The molecule has 0 spiro atoms. The van der Waals surface area contributed by atoms with E-state index in [1.807, 2.05) is 0 Å². The van der Waals surface area contributed by atoms with Gasteiger partial charge in [0.2, 0.25) is 5.91 Å². The number of pyridine rings is 1. The molecule has 34 heavy (non-hydrogen) atoms. The zero-order valence-electron chi connectivity index (χ0n) is 17.9. The number of aromatic hydroxyl groups is 1. The van der Waals surface area contributed by atoms with Gasteiger partial charge in [-0.05, 0) is 18.2 Å². The summed E-state index contributed by atoms with van der Waals surface area (Å²) < 4.78 is 0. The number of aliphatic imine (C=N–C) groups is 1. The highest BCUT2D eigenvalue weighted by Gasteiger charge is 2.14. The van der Waals surface area contributed by atoms with Crippen LogP contribution < -0.4 is 26.8 Å². The zero-order valence-corrected chi connectivity index (χ0v) is 19.4. The Bertz CT molecular complexity index is 1160. The number of amides is 2. The Labute approximate surface area is 203 Å². The van der Waals surface area contributed by atoms with Gasteiger partial charge in [-0.3, -0.25) is 24.2 Å². The van der Waals surface area contributed by atoms with Gasteiger partial charge in [-0.15, -0.1) is 0 Å². The first-order chi connectivity index (χ1) is 16.1. The summed E-state index contributed by atoms with van der Waals surface area (Å²) in [5, 5.41) is 28.5. The number of halogens is 2. The van der Waals surface area contributed by atoms with E-state index in [0.29, 0.717) is 29.6 Å². The molecule has 0 aliphatic carbocycles. The van der Waals surface area contributed by atoms with Crippen molar-refractivity contribution in [3.8, 4) is 5.75 Å². The number of guanidine groups is 1. The molecule has 0 atom stereocenters. The van der Waals surface area contributed by atoms with E-state index in [0.717, 1.165) is 6.92 Å². The predicted molar refractivity (Wildman–Crippen MR) is 127 cm³/mol. The third-order valence-electron chi connectivity index (χ3n) is 4.09. The number of carbonyl (C=O) groups is 3. The van der Waals surface area contributed by atoms with Crippen molar-refractivity contribution < 1.29 is 24.6 Å². The van der Waals surface area contributed by atoms with Crippen molar-refractivity contribution in [3.63, 3.8) is 0 Å². The van der Waals surface area contributed by atoms with Gasteiger partial charge in [-0.2, -0.15) is 0 Å². The van der Waals surface area contributed by atoms with E-state index in [1.54, 1.807) is 0 Å². The van der Waals surface area contributed by atoms with Crippen LogP contribution in [0.25, 0.3) is 0 Å². The van der Waals surface area contributed by atoms with Gasteiger partial charge in [-0.1, -0.05) is 23.2 Å². The van der Waals surface area contributed by atoms with Crippen LogP contribution in [0.4, 0.5) is 5.69 Å². The van der Waals surface area contributed by atoms with Gasteiger partial charge in [0.1, 0.15) is 11.4 Å². The lowest BCUT2D eigenvalue weighted by Gasteiger charge is -2.10.